The summed E-state index contributed by atoms with van der Waals surface area (Å²) in [6.45, 7) is 13.6. The number of anilines is 1. The van der Waals surface area contributed by atoms with Crippen LogP contribution in [0.25, 0.3) is 10.4 Å². The summed E-state index contributed by atoms with van der Waals surface area (Å²) in [4.78, 5) is 89.1. The molecule has 7 rings (SSSR count). The lowest BCUT2D eigenvalue weighted by Crippen LogP contribution is -2.57. The van der Waals surface area contributed by atoms with Crippen LogP contribution in [-0.2, 0) is 59.4 Å². The lowest BCUT2D eigenvalue weighted by molar-refractivity contribution is -0.144. The Morgan fingerprint density at radius 2 is 1.64 bits per heavy atom. The number of aliphatic hydroxyl groups excluding tert-OH is 1. The van der Waals surface area contributed by atoms with E-state index in [1.54, 1.807) is 16.2 Å². The van der Waals surface area contributed by atoms with Gasteiger partial charge in [-0.2, -0.15) is 0 Å². The number of benzene rings is 3. The summed E-state index contributed by atoms with van der Waals surface area (Å²) in [6, 6.07) is 15.7. The maximum Gasteiger partial charge on any atom is 0.246 e. The first-order valence-electron chi connectivity index (χ1n) is 25.3. The highest BCUT2D eigenvalue weighted by molar-refractivity contribution is 7.13. The summed E-state index contributed by atoms with van der Waals surface area (Å²) in [5.74, 6) is -2.13. The number of unbranched alkanes of at least 4 members (excludes halogenated alkanes) is 1. The highest BCUT2D eigenvalue weighted by Gasteiger charge is 2.46. The number of primary amides is 1. The number of nitrogens with zero attached hydrogens (tertiary/aromatic N) is 3. The van der Waals surface area contributed by atoms with Crippen LogP contribution >= 0.6 is 23.7 Å². The number of hydrogen-bond donors (Lipinski definition) is 6. The lowest BCUT2D eigenvalue weighted by Gasteiger charge is -2.35. The number of carbonyl (C=O) groups is 6. The Morgan fingerprint density at radius 1 is 0.932 bits per heavy atom. The van der Waals surface area contributed by atoms with Gasteiger partial charge in [-0.3, -0.25) is 33.7 Å². The van der Waals surface area contributed by atoms with Gasteiger partial charge in [0.05, 0.1) is 58.7 Å². The molecule has 18 heteroatoms. The van der Waals surface area contributed by atoms with Crippen molar-refractivity contribution in [3.63, 3.8) is 0 Å². The zero-order valence-electron chi connectivity index (χ0n) is 43.1. The molecule has 0 aliphatic carbocycles. The molecule has 8 N–H and O–H groups in total. The Hall–Kier alpha value is -5.72. The number of hydrogen-bond acceptors (Lipinski definition) is 11. The van der Waals surface area contributed by atoms with Gasteiger partial charge in [0.15, 0.2) is 0 Å². The summed E-state index contributed by atoms with van der Waals surface area (Å²) in [5.41, 5.74) is 21.7. The second kappa shape index (κ2) is 24.5. The molecule has 0 radical (unpaired) electrons. The van der Waals surface area contributed by atoms with Gasteiger partial charge in [-0.05, 0) is 111 Å². The van der Waals surface area contributed by atoms with Gasteiger partial charge < -0.3 is 42.2 Å². The Morgan fingerprint density at radius 3 is 2.32 bits per heavy atom. The summed E-state index contributed by atoms with van der Waals surface area (Å²) in [7, 11) is 0. The van der Waals surface area contributed by atoms with Crippen molar-refractivity contribution >= 4 is 64.9 Å². The second-order valence-corrected chi connectivity index (χ2v) is 21.8. The summed E-state index contributed by atoms with van der Waals surface area (Å²) >= 11 is 1.57. The number of carbonyl (C=O) groups excluding carboxylic acids is 6. The van der Waals surface area contributed by atoms with Crippen LogP contribution in [-0.4, -0.2) is 99.4 Å². The van der Waals surface area contributed by atoms with Gasteiger partial charge in [0.1, 0.15) is 18.1 Å². The van der Waals surface area contributed by atoms with Gasteiger partial charge >= 0.3 is 0 Å². The van der Waals surface area contributed by atoms with Gasteiger partial charge in [-0.1, -0.05) is 81.4 Å². The van der Waals surface area contributed by atoms with Crippen LogP contribution in [0.2, 0.25) is 0 Å². The van der Waals surface area contributed by atoms with Crippen molar-refractivity contribution in [2.75, 3.05) is 11.4 Å². The van der Waals surface area contributed by atoms with Crippen LogP contribution in [0.3, 0.4) is 0 Å². The molecule has 3 aliphatic rings. The number of thiazole rings is 1. The van der Waals surface area contributed by atoms with Gasteiger partial charge in [0.2, 0.25) is 35.4 Å². The number of β-amino-alcohol motifs (C(OH)–C–C–N with tert-alkyl or cyclic N) is 1. The quantitative estimate of drug-likeness (QED) is 0.0580. The molecule has 0 saturated carbocycles. The van der Waals surface area contributed by atoms with Crippen molar-refractivity contribution in [1.29, 1.82) is 0 Å². The maximum atomic E-state index is 14.2. The van der Waals surface area contributed by atoms with E-state index in [9.17, 15) is 33.9 Å². The van der Waals surface area contributed by atoms with Crippen LogP contribution in [0.1, 0.15) is 125 Å². The number of para-hydroxylation sites is 1. The Labute approximate surface area is 439 Å². The number of amides is 6. The number of aromatic nitrogens is 1. The van der Waals surface area contributed by atoms with Gasteiger partial charge in [0.25, 0.3) is 0 Å². The molecule has 0 spiro atoms. The lowest BCUT2D eigenvalue weighted by atomic mass is 9.85. The molecule has 394 valence electrons. The van der Waals surface area contributed by atoms with Gasteiger partial charge in [-0.15, -0.1) is 23.7 Å². The SMILES string of the molecule is Cc1cc(CO[C@H](C)[C@H](CCC(N)=O)NC(=O)[C@@H]2Cc3cccc4c3N2C(=O)[C@@H](N)CC4)ccc1CCCCC(=O)N[C@H](C(=O)N1C[C@H](O)C[C@H]1C(=O)N[C@@H](C)c1ccc(-c2scnc2C)cc1)C(C)(C)C.Cl. The van der Waals surface area contributed by atoms with Crippen molar-refractivity contribution in [1.82, 2.24) is 25.8 Å². The first kappa shape index (κ1) is 56.6. The minimum absolute atomic E-state index is 0. The zero-order chi connectivity index (χ0) is 52.0. The summed E-state index contributed by atoms with van der Waals surface area (Å²) < 4.78 is 6.31. The smallest absolute Gasteiger partial charge is 0.246 e. The van der Waals surface area contributed by atoms with Crippen molar-refractivity contribution in [3.8, 4) is 10.4 Å². The van der Waals surface area contributed by atoms with Crippen molar-refractivity contribution in [2.45, 2.75) is 168 Å². The van der Waals surface area contributed by atoms with E-state index in [1.807, 2.05) is 109 Å². The van der Waals surface area contributed by atoms with Crippen molar-refractivity contribution in [2.24, 2.45) is 16.9 Å². The van der Waals surface area contributed by atoms with E-state index in [2.05, 4.69) is 27.0 Å². The third-order valence-electron chi connectivity index (χ3n) is 14.4. The molecule has 4 aromatic rings. The number of rotatable bonds is 20. The topological polar surface area (TPSA) is 239 Å². The molecule has 0 unspecified atom stereocenters. The minimum Gasteiger partial charge on any atom is -0.391 e. The molecule has 0 bridgehead atoms. The number of aryl methyl sites for hydroxylation is 4. The molecule has 3 aliphatic heterocycles. The number of nitrogens with two attached hydrogens (primary N) is 2. The number of halogens is 1. The Bertz CT molecular complexity index is 2640. The molecule has 1 fully saturated rings. The van der Waals surface area contributed by atoms with Crippen LogP contribution in [0.4, 0.5) is 5.69 Å². The molecule has 3 aromatic carbocycles. The molecule has 6 amide bonds. The number of ether oxygens (including phenoxy) is 1. The van der Waals surface area contributed by atoms with Crippen LogP contribution in [0, 0.1) is 19.3 Å². The Kier molecular flexibility index (Phi) is 19.0. The van der Waals surface area contributed by atoms with E-state index in [1.165, 1.54) is 4.90 Å². The summed E-state index contributed by atoms with van der Waals surface area (Å²) in [6.07, 6.45) is 2.79. The molecule has 1 aromatic heterocycles. The van der Waals surface area contributed by atoms with Crippen LogP contribution in [0.5, 0.6) is 0 Å². The fourth-order valence-corrected chi connectivity index (χ4v) is 11.0. The van der Waals surface area contributed by atoms with E-state index in [4.69, 9.17) is 16.2 Å². The highest BCUT2D eigenvalue weighted by Crippen LogP contribution is 2.39. The predicted octanol–water partition coefficient (Wildman–Crippen LogP) is 5.82. The predicted molar refractivity (Wildman–Crippen MR) is 285 cm³/mol. The molecule has 16 nitrogen and oxygen atoms in total. The average molecular weight is 1040 g/mol. The first-order valence-corrected chi connectivity index (χ1v) is 26.1. The largest absolute Gasteiger partial charge is 0.391 e. The molecule has 73 heavy (non-hydrogen) atoms. The number of likely N-dealkylation sites (tertiary alicyclic amines) is 1. The molecule has 4 heterocycles. The highest BCUT2D eigenvalue weighted by atomic mass is 35.5. The van der Waals surface area contributed by atoms with E-state index in [0.29, 0.717) is 25.7 Å². The van der Waals surface area contributed by atoms with Crippen LogP contribution in [0.15, 0.2) is 66.2 Å². The van der Waals surface area contributed by atoms with Crippen LogP contribution < -0.4 is 32.3 Å². The molecular formula is C55H73ClN8O8S. The Balaban J connectivity index is 0.00000869. The van der Waals surface area contributed by atoms with Crippen molar-refractivity contribution < 1.29 is 38.6 Å². The van der Waals surface area contributed by atoms with E-state index >= 15 is 0 Å². The number of nitrogens with one attached hydrogen (secondary N) is 3. The normalized spacial score (nSPS) is 20.0. The fraction of sp³-hybridized carbons (Fsp3) is 0.509. The zero-order valence-corrected chi connectivity index (χ0v) is 44.7. The van der Waals surface area contributed by atoms with Crippen molar-refractivity contribution in [3.05, 3.63) is 105 Å². The molecular weight excluding hydrogens is 968 g/mol. The van der Waals surface area contributed by atoms with Gasteiger partial charge in [-0.25, -0.2) is 4.98 Å². The third-order valence-corrected chi connectivity index (χ3v) is 15.4. The fourth-order valence-electron chi connectivity index (χ4n) is 10.2. The summed E-state index contributed by atoms with van der Waals surface area (Å²) in [5, 5.41) is 19.8. The first-order chi connectivity index (χ1) is 34.2. The minimum atomic E-state index is -0.918. The molecule has 1 saturated heterocycles. The monoisotopic (exact) mass is 1040 g/mol. The average Bonchev–Trinajstić information content (AvgIpc) is 4.06. The third kappa shape index (κ3) is 13.7. The number of aliphatic hydroxyl groups is 1. The van der Waals surface area contributed by atoms with Gasteiger partial charge in [0, 0.05) is 32.2 Å². The standard InChI is InChI=1S/C55H72N8O8S.ClH/c1-31-25-35(29-71-34(4)43(23-24-46(57)65)60-52(68)45-26-40-13-10-12-38-21-22-42(56)53(69)63(45)48(38)40)15-16-36(31)11-8-9-14-47(66)61-50(55(5,6)7)54(70)62-28-41(64)27-44(62)51(67)59-32(2)37-17-19-39(20-18-37)49-33(3)58-30-72-49;/h10,12-13,15-20,25,30,32,34,41-45,50,64H,8-9,11,14,21-24,26-29,56H2,1-7H3,(H2,57,65)(H,59,67)(H,60,68)(H,61,66);1H/t32-,34+,41+,42-,43-,44-,45-,50+;/m0./s1. The van der Waals surface area contributed by atoms with E-state index in [-0.39, 0.29) is 80.9 Å². The second-order valence-electron chi connectivity index (χ2n) is 21.0. The van der Waals surface area contributed by atoms with E-state index < -0.39 is 59.6 Å². The van der Waals surface area contributed by atoms with E-state index in [0.717, 1.165) is 68.0 Å². The molecule has 8 atom stereocenters. The maximum absolute atomic E-state index is 14.2.